The van der Waals surface area contributed by atoms with Crippen molar-refractivity contribution in [2.45, 2.75) is 31.8 Å². The zero-order valence-electron chi connectivity index (χ0n) is 16.8. The number of hydrogen-bond donors (Lipinski definition) is 0. The van der Waals surface area contributed by atoms with Crippen LogP contribution in [0, 0.1) is 5.82 Å². The lowest BCUT2D eigenvalue weighted by Gasteiger charge is -2.36. The van der Waals surface area contributed by atoms with E-state index in [1.54, 1.807) is 18.2 Å². The van der Waals surface area contributed by atoms with Gasteiger partial charge in [-0.25, -0.2) is 9.18 Å². The van der Waals surface area contributed by atoms with Gasteiger partial charge >= 0.3 is 6.03 Å². The SMILES string of the molecule is O=C(Cc1cccc(Cl)c1)N1CCC(N2CCN(Cc3ccc(F)cc3)C2=O)CC1. The molecule has 2 aromatic carbocycles. The monoisotopic (exact) mass is 429 g/mol. The lowest BCUT2D eigenvalue weighted by atomic mass is 10.0. The Morgan fingerprint density at radius 1 is 1.00 bits per heavy atom. The van der Waals surface area contributed by atoms with Gasteiger partial charge in [0.15, 0.2) is 0 Å². The van der Waals surface area contributed by atoms with Crippen molar-refractivity contribution < 1.29 is 14.0 Å². The van der Waals surface area contributed by atoms with Crippen molar-refractivity contribution in [2.24, 2.45) is 0 Å². The molecule has 0 unspecified atom stereocenters. The Bertz CT molecular complexity index is 913. The molecule has 0 N–H and O–H groups in total. The molecule has 3 amide bonds. The molecule has 2 aliphatic heterocycles. The van der Waals surface area contributed by atoms with Gasteiger partial charge in [0.1, 0.15) is 5.82 Å². The fraction of sp³-hybridized carbons (Fsp3) is 0.391. The molecule has 0 radical (unpaired) electrons. The molecule has 0 aromatic heterocycles. The van der Waals surface area contributed by atoms with Crippen molar-refractivity contribution in [1.82, 2.24) is 14.7 Å². The molecule has 30 heavy (non-hydrogen) atoms. The Kier molecular flexibility index (Phi) is 6.23. The van der Waals surface area contributed by atoms with Crippen molar-refractivity contribution in [3.63, 3.8) is 0 Å². The molecular weight excluding hydrogens is 405 g/mol. The van der Waals surface area contributed by atoms with Crippen molar-refractivity contribution in [2.75, 3.05) is 26.2 Å². The Hall–Kier alpha value is -2.60. The van der Waals surface area contributed by atoms with Crippen LogP contribution in [0.1, 0.15) is 24.0 Å². The second kappa shape index (κ2) is 9.04. The minimum absolute atomic E-state index is 0.0306. The summed E-state index contributed by atoms with van der Waals surface area (Å²) in [6, 6.07) is 13.9. The summed E-state index contributed by atoms with van der Waals surface area (Å²) in [6.07, 6.45) is 1.92. The molecule has 0 atom stereocenters. The number of piperidine rings is 1. The summed E-state index contributed by atoms with van der Waals surface area (Å²) in [6.45, 7) is 3.18. The maximum Gasteiger partial charge on any atom is 0.320 e. The molecule has 0 aliphatic carbocycles. The van der Waals surface area contributed by atoms with Crippen molar-refractivity contribution in [3.05, 3.63) is 70.5 Å². The first kappa shape index (κ1) is 20.7. The molecule has 2 fully saturated rings. The normalized spacial score (nSPS) is 17.7. The van der Waals surface area contributed by atoms with E-state index in [2.05, 4.69) is 0 Å². The zero-order chi connectivity index (χ0) is 21.1. The Morgan fingerprint density at radius 3 is 2.43 bits per heavy atom. The number of hydrogen-bond acceptors (Lipinski definition) is 2. The van der Waals surface area contributed by atoms with Gasteiger partial charge in [-0.15, -0.1) is 0 Å². The van der Waals surface area contributed by atoms with E-state index >= 15 is 0 Å². The molecule has 7 heteroatoms. The molecule has 0 saturated carbocycles. The molecule has 2 heterocycles. The first-order valence-electron chi connectivity index (χ1n) is 10.3. The maximum atomic E-state index is 13.1. The Balaban J connectivity index is 1.28. The van der Waals surface area contributed by atoms with Crippen LogP contribution < -0.4 is 0 Å². The van der Waals surface area contributed by atoms with E-state index in [0.717, 1.165) is 24.0 Å². The highest BCUT2D eigenvalue weighted by Gasteiger charge is 2.35. The summed E-state index contributed by atoms with van der Waals surface area (Å²) in [4.78, 5) is 31.1. The van der Waals surface area contributed by atoms with E-state index in [4.69, 9.17) is 11.6 Å². The number of urea groups is 1. The number of rotatable bonds is 5. The standard InChI is InChI=1S/C23H25ClFN3O2/c24-19-3-1-2-18(14-19)15-22(29)26-10-8-21(9-11-26)28-13-12-27(23(28)30)16-17-4-6-20(25)7-5-17/h1-7,14,21H,8-13,15-16H2. The van der Waals surface area contributed by atoms with E-state index in [-0.39, 0.29) is 23.8 Å². The van der Waals surface area contributed by atoms with Crippen LogP contribution in [0.2, 0.25) is 5.02 Å². The second-order valence-corrected chi connectivity index (χ2v) is 8.38. The zero-order valence-corrected chi connectivity index (χ0v) is 17.5. The van der Waals surface area contributed by atoms with Gasteiger partial charge in [-0.3, -0.25) is 4.79 Å². The van der Waals surface area contributed by atoms with Gasteiger partial charge in [0.05, 0.1) is 6.42 Å². The average Bonchev–Trinajstić information content (AvgIpc) is 3.10. The fourth-order valence-corrected chi connectivity index (χ4v) is 4.47. The van der Waals surface area contributed by atoms with E-state index < -0.39 is 0 Å². The predicted octanol–water partition coefficient (Wildman–Crippen LogP) is 3.95. The first-order valence-corrected chi connectivity index (χ1v) is 10.7. The van der Waals surface area contributed by atoms with Crippen LogP contribution in [-0.4, -0.2) is 58.9 Å². The van der Waals surface area contributed by atoms with Gasteiger partial charge in [0.25, 0.3) is 0 Å². The predicted molar refractivity (Wildman–Crippen MR) is 114 cm³/mol. The number of halogens is 2. The number of carbonyl (C=O) groups is 2. The summed E-state index contributed by atoms with van der Waals surface area (Å²) in [5, 5.41) is 0.636. The summed E-state index contributed by atoms with van der Waals surface area (Å²) >= 11 is 6.01. The highest BCUT2D eigenvalue weighted by Crippen LogP contribution is 2.23. The van der Waals surface area contributed by atoms with Crippen LogP contribution >= 0.6 is 11.6 Å². The quantitative estimate of drug-likeness (QED) is 0.722. The topological polar surface area (TPSA) is 43.9 Å². The number of likely N-dealkylation sites (tertiary alicyclic amines) is 1. The third-order valence-electron chi connectivity index (χ3n) is 5.92. The van der Waals surface area contributed by atoms with Gasteiger partial charge in [-0.05, 0) is 48.2 Å². The van der Waals surface area contributed by atoms with E-state index in [1.807, 2.05) is 32.9 Å². The lowest BCUT2D eigenvalue weighted by molar-refractivity contribution is -0.131. The molecule has 0 spiro atoms. The third-order valence-corrected chi connectivity index (χ3v) is 6.15. The van der Waals surface area contributed by atoms with E-state index in [9.17, 15) is 14.0 Å². The van der Waals surface area contributed by atoms with Gasteiger partial charge in [0.2, 0.25) is 5.91 Å². The van der Waals surface area contributed by atoms with Crippen molar-refractivity contribution in [1.29, 1.82) is 0 Å². The van der Waals surface area contributed by atoms with Crippen LogP contribution in [0.15, 0.2) is 48.5 Å². The molecular formula is C23H25ClFN3O2. The molecule has 158 valence electrons. The smallest absolute Gasteiger partial charge is 0.320 e. The molecule has 2 aliphatic rings. The van der Waals surface area contributed by atoms with E-state index in [1.165, 1.54) is 12.1 Å². The number of benzene rings is 2. The molecule has 2 saturated heterocycles. The summed E-state index contributed by atoms with van der Waals surface area (Å²) in [5.41, 5.74) is 1.84. The van der Waals surface area contributed by atoms with Crippen LogP contribution in [0.5, 0.6) is 0 Å². The summed E-state index contributed by atoms with van der Waals surface area (Å²) < 4.78 is 13.1. The number of amides is 3. The molecule has 0 bridgehead atoms. The highest BCUT2D eigenvalue weighted by molar-refractivity contribution is 6.30. The maximum absolute atomic E-state index is 13.1. The van der Waals surface area contributed by atoms with Crippen molar-refractivity contribution >= 4 is 23.5 Å². The minimum atomic E-state index is -0.273. The Morgan fingerprint density at radius 2 is 1.73 bits per heavy atom. The van der Waals surface area contributed by atoms with Crippen LogP contribution in [0.3, 0.4) is 0 Å². The van der Waals surface area contributed by atoms with Crippen molar-refractivity contribution in [3.8, 4) is 0 Å². The fourth-order valence-electron chi connectivity index (χ4n) is 4.26. The molecule has 4 rings (SSSR count). The second-order valence-electron chi connectivity index (χ2n) is 7.94. The van der Waals surface area contributed by atoms with Gasteiger partial charge < -0.3 is 14.7 Å². The largest absolute Gasteiger partial charge is 0.342 e. The van der Waals surface area contributed by atoms with Crippen LogP contribution in [-0.2, 0) is 17.8 Å². The number of nitrogens with zero attached hydrogens (tertiary/aromatic N) is 3. The number of carbonyl (C=O) groups excluding carboxylic acids is 2. The molecule has 5 nitrogen and oxygen atoms in total. The highest BCUT2D eigenvalue weighted by atomic mass is 35.5. The van der Waals surface area contributed by atoms with E-state index in [0.29, 0.717) is 44.2 Å². The average molecular weight is 430 g/mol. The molecule has 2 aromatic rings. The lowest BCUT2D eigenvalue weighted by Crippen LogP contribution is -2.48. The third kappa shape index (κ3) is 4.75. The summed E-state index contributed by atoms with van der Waals surface area (Å²) in [7, 11) is 0. The Labute approximate surface area is 181 Å². The van der Waals surface area contributed by atoms with Gasteiger partial charge in [-0.2, -0.15) is 0 Å². The van der Waals surface area contributed by atoms with Gasteiger partial charge in [0, 0.05) is 43.8 Å². The minimum Gasteiger partial charge on any atom is -0.342 e. The first-order chi connectivity index (χ1) is 14.5. The summed E-state index contributed by atoms with van der Waals surface area (Å²) in [5.74, 6) is -0.175. The van der Waals surface area contributed by atoms with Gasteiger partial charge in [-0.1, -0.05) is 35.9 Å². The van der Waals surface area contributed by atoms with Crippen LogP contribution in [0.4, 0.5) is 9.18 Å². The van der Waals surface area contributed by atoms with Crippen LogP contribution in [0.25, 0.3) is 0 Å².